The fourth-order valence-corrected chi connectivity index (χ4v) is 8.39. The highest BCUT2D eigenvalue weighted by Gasteiger charge is 2.53. The number of ether oxygens (including phenoxy) is 6. The summed E-state index contributed by atoms with van der Waals surface area (Å²) in [6.45, 7) is 1.47. The van der Waals surface area contributed by atoms with Crippen LogP contribution in [0.1, 0.15) is 123 Å². The highest BCUT2D eigenvalue weighted by Crippen LogP contribution is 2.33. The second kappa shape index (κ2) is 37.1. The van der Waals surface area contributed by atoms with Crippen LogP contribution in [-0.4, -0.2) is 193 Å². The molecule has 19 heteroatoms. The molecular weight excluding hydrogens is 939 g/mol. The lowest BCUT2D eigenvalue weighted by molar-refractivity contribution is -0.379. The number of hydrogen-bond donors (Lipinski definition) is 12. The van der Waals surface area contributed by atoms with Crippen molar-refractivity contribution < 1.29 is 89.4 Å². The van der Waals surface area contributed by atoms with Crippen LogP contribution in [0, 0.1) is 0 Å². The minimum absolute atomic E-state index is 0.110. The number of aliphatic hydroxyl groups excluding tert-OH is 11. The van der Waals surface area contributed by atoms with E-state index < -0.39 is 131 Å². The molecule has 414 valence electrons. The van der Waals surface area contributed by atoms with Crippen LogP contribution in [-0.2, 0) is 33.2 Å². The third-order valence-electron chi connectivity index (χ3n) is 12.8. The Balaban J connectivity index is 1.60. The van der Waals surface area contributed by atoms with Gasteiger partial charge in [0.25, 0.3) is 0 Å². The number of amides is 1. The Morgan fingerprint density at radius 1 is 0.514 bits per heavy atom. The maximum atomic E-state index is 13.2. The molecule has 3 aliphatic heterocycles. The Morgan fingerprint density at radius 2 is 0.972 bits per heavy atom. The van der Waals surface area contributed by atoms with Gasteiger partial charge in [0.2, 0.25) is 5.91 Å². The highest BCUT2D eigenvalue weighted by atomic mass is 16.8. The number of aliphatic hydroxyl groups is 11. The van der Waals surface area contributed by atoms with Crippen molar-refractivity contribution in [3.05, 3.63) is 72.9 Å². The lowest BCUT2D eigenvalue weighted by atomic mass is 9.96. The number of unbranched alkanes of at least 4 members (excludes halogenated alkanes) is 9. The van der Waals surface area contributed by atoms with E-state index in [0.29, 0.717) is 19.3 Å². The molecule has 3 rings (SSSR count). The third kappa shape index (κ3) is 22.2. The van der Waals surface area contributed by atoms with Crippen molar-refractivity contribution in [2.24, 2.45) is 0 Å². The van der Waals surface area contributed by atoms with Crippen molar-refractivity contribution in [1.82, 2.24) is 5.32 Å². The van der Waals surface area contributed by atoms with Gasteiger partial charge in [-0.05, 0) is 57.8 Å². The number of rotatable bonds is 35. The van der Waals surface area contributed by atoms with Crippen molar-refractivity contribution in [1.29, 1.82) is 0 Å². The van der Waals surface area contributed by atoms with Crippen LogP contribution in [0.5, 0.6) is 0 Å². The molecule has 0 aliphatic carbocycles. The van der Waals surface area contributed by atoms with Gasteiger partial charge < -0.3 is 89.9 Å². The molecule has 17 unspecified atom stereocenters. The molecule has 12 N–H and O–H groups in total. The topological polar surface area (TPSA) is 307 Å². The monoisotopic (exact) mass is 1030 g/mol. The van der Waals surface area contributed by atoms with E-state index in [1.807, 2.05) is 24.3 Å². The van der Waals surface area contributed by atoms with Crippen LogP contribution in [0.25, 0.3) is 0 Å². The molecule has 1 amide bonds. The predicted molar refractivity (Wildman–Crippen MR) is 268 cm³/mol. The Labute approximate surface area is 426 Å². The van der Waals surface area contributed by atoms with Gasteiger partial charge in [0.15, 0.2) is 18.9 Å². The normalized spacial score (nSPS) is 32.6. The van der Waals surface area contributed by atoms with Gasteiger partial charge in [-0.3, -0.25) is 4.79 Å². The van der Waals surface area contributed by atoms with Gasteiger partial charge in [-0.1, -0.05) is 132 Å². The van der Waals surface area contributed by atoms with Crippen molar-refractivity contribution >= 4 is 5.91 Å². The first kappa shape index (κ1) is 63.5. The van der Waals surface area contributed by atoms with E-state index in [1.165, 1.54) is 44.9 Å². The minimum atomic E-state index is -1.99. The van der Waals surface area contributed by atoms with E-state index >= 15 is 0 Å². The summed E-state index contributed by atoms with van der Waals surface area (Å²) in [4.78, 5) is 13.2. The van der Waals surface area contributed by atoms with E-state index in [9.17, 15) is 61.0 Å². The second-order valence-electron chi connectivity index (χ2n) is 18.6. The fourth-order valence-electron chi connectivity index (χ4n) is 8.39. The molecule has 0 aromatic carbocycles. The number of hydrogen-bond acceptors (Lipinski definition) is 18. The molecule has 3 heterocycles. The zero-order valence-corrected chi connectivity index (χ0v) is 42.4. The molecule has 3 saturated heterocycles. The maximum absolute atomic E-state index is 13.2. The maximum Gasteiger partial charge on any atom is 0.220 e. The summed E-state index contributed by atoms with van der Waals surface area (Å²) in [5.74, 6) is -0.371. The first-order valence-corrected chi connectivity index (χ1v) is 26.2. The van der Waals surface area contributed by atoms with Gasteiger partial charge >= 0.3 is 0 Å². The van der Waals surface area contributed by atoms with Gasteiger partial charge in [-0.15, -0.1) is 0 Å². The molecule has 0 radical (unpaired) electrons. The van der Waals surface area contributed by atoms with Gasteiger partial charge in [-0.2, -0.15) is 0 Å². The van der Waals surface area contributed by atoms with Crippen LogP contribution >= 0.6 is 0 Å². The summed E-state index contributed by atoms with van der Waals surface area (Å²) >= 11 is 0. The zero-order chi connectivity index (χ0) is 52.7. The van der Waals surface area contributed by atoms with Crippen LogP contribution in [0.3, 0.4) is 0 Å². The van der Waals surface area contributed by atoms with Crippen LogP contribution in [0.15, 0.2) is 72.9 Å². The standard InChI is InChI=1S/C53H89NO18/c1-3-5-7-9-11-13-15-17-19-20-22-24-26-28-30-37(58)36(54-41(59)31-29-27-25-23-21-18-16-14-12-10-8-6-4-2)35-67-51-47(65)44(62)49(39(33-56)69-51)72-53-48(66)45(63)50(40(34-57)70-53)71-52-46(64)43(61)42(60)38(32-55)68-52/h6,8,12,14,18,20-22,25,27-28,30,36-40,42-53,55-58,60-66H,3-5,7,9-11,13,15-17,19,23-24,26,29,31-35H2,1-2H3,(H,54,59)/b8-6-,14-12-,21-18-,22-20+,27-25-,30-28+. The summed E-state index contributed by atoms with van der Waals surface area (Å²) in [5.41, 5.74) is 0. The van der Waals surface area contributed by atoms with E-state index in [1.54, 1.807) is 6.08 Å². The van der Waals surface area contributed by atoms with Crippen LogP contribution < -0.4 is 5.32 Å². The lowest BCUT2D eigenvalue weighted by Crippen LogP contribution is -2.66. The molecule has 3 aliphatic rings. The van der Waals surface area contributed by atoms with Gasteiger partial charge in [0.1, 0.15) is 73.2 Å². The van der Waals surface area contributed by atoms with E-state index in [2.05, 4.69) is 61.7 Å². The summed E-state index contributed by atoms with van der Waals surface area (Å²) in [6.07, 6.45) is 13.5. The Bertz CT molecular complexity index is 1610. The Hall–Kier alpha value is -2.77. The SMILES string of the molecule is CC/C=C\C/C=C\C/C=C\C/C=C\CCC(=O)NC(COC1OC(CO)C(OC2OC(CO)C(OC3OC(CO)C(O)C(O)C3O)C(O)C2O)C(O)C1O)C(O)/C=C/CC/C=C/CCCCCCCCCC. The molecule has 72 heavy (non-hydrogen) atoms. The number of carbonyl (C=O) groups is 1. The third-order valence-corrected chi connectivity index (χ3v) is 12.8. The molecule has 3 fully saturated rings. The highest BCUT2D eigenvalue weighted by molar-refractivity contribution is 5.76. The first-order chi connectivity index (χ1) is 34.8. The van der Waals surface area contributed by atoms with Crippen LogP contribution in [0.4, 0.5) is 0 Å². The summed E-state index contributed by atoms with van der Waals surface area (Å²) in [7, 11) is 0. The number of carbonyl (C=O) groups excluding carboxylic acids is 1. The lowest BCUT2D eigenvalue weighted by Gasteiger charge is -2.48. The van der Waals surface area contributed by atoms with Crippen molar-refractivity contribution in [3.63, 3.8) is 0 Å². The summed E-state index contributed by atoms with van der Waals surface area (Å²) in [6, 6.07) is -1.03. The van der Waals surface area contributed by atoms with E-state index in [4.69, 9.17) is 28.4 Å². The molecule has 0 bridgehead atoms. The molecule has 0 aromatic heterocycles. The second-order valence-corrected chi connectivity index (χ2v) is 18.6. The Kier molecular flexibility index (Phi) is 32.7. The first-order valence-electron chi connectivity index (χ1n) is 26.2. The zero-order valence-electron chi connectivity index (χ0n) is 42.4. The van der Waals surface area contributed by atoms with Gasteiger partial charge in [0.05, 0.1) is 38.6 Å². The number of allylic oxidation sites excluding steroid dienone is 11. The average Bonchev–Trinajstić information content (AvgIpc) is 3.37. The summed E-state index contributed by atoms with van der Waals surface area (Å²) in [5, 5.41) is 120. The molecule has 19 nitrogen and oxygen atoms in total. The van der Waals surface area contributed by atoms with E-state index in [-0.39, 0.29) is 12.3 Å². The minimum Gasteiger partial charge on any atom is -0.394 e. The predicted octanol–water partition coefficient (Wildman–Crippen LogP) is 2.31. The van der Waals surface area contributed by atoms with Crippen LogP contribution in [0.2, 0.25) is 0 Å². The van der Waals surface area contributed by atoms with Crippen molar-refractivity contribution in [3.8, 4) is 0 Å². The molecule has 0 saturated carbocycles. The fraction of sp³-hybridized carbons (Fsp3) is 0.755. The largest absolute Gasteiger partial charge is 0.394 e. The Morgan fingerprint density at radius 3 is 1.54 bits per heavy atom. The van der Waals surface area contributed by atoms with Gasteiger partial charge in [-0.25, -0.2) is 0 Å². The molecular formula is C53H89NO18. The summed E-state index contributed by atoms with van der Waals surface area (Å²) < 4.78 is 34.0. The average molecular weight is 1030 g/mol. The van der Waals surface area contributed by atoms with E-state index in [0.717, 1.165) is 38.5 Å². The molecule has 0 aromatic rings. The quantitative estimate of drug-likeness (QED) is 0.0320. The van der Waals surface area contributed by atoms with Gasteiger partial charge in [0, 0.05) is 6.42 Å². The van der Waals surface area contributed by atoms with Crippen molar-refractivity contribution in [2.75, 3.05) is 26.4 Å². The number of nitrogens with one attached hydrogen (secondary N) is 1. The van der Waals surface area contributed by atoms with Crippen molar-refractivity contribution in [2.45, 2.75) is 227 Å². The molecule has 17 atom stereocenters. The molecule has 0 spiro atoms. The smallest absolute Gasteiger partial charge is 0.220 e.